The van der Waals surface area contributed by atoms with E-state index in [0.717, 1.165) is 19.4 Å². The van der Waals surface area contributed by atoms with Crippen LogP contribution in [0.15, 0.2) is 30.3 Å². The molecule has 0 unspecified atom stereocenters. The maximum atomic E-state index is 12.7. The van der Waals surface area contributed by atoms with Gasteiger partial charge in [-0.1, -0.05) is 30.3 Å². The first-order valence-electron chi connectivity index (χ1n) is 9.23. The van der Waals surface area contributed by atoms with Crippen molar-refractivity contribution in [1.29, 1.82) is 0 Å². The summed E-state index contributed by atoms with van der Waals surface area (Å²) in [5, 5.41) is 10.4. The Morgan fingerprint density at radius 1 is 1.28 bits per heavy atom. The third-order valence-corrected chi connectivity index (χ3v) is 5.18. The summed E-state index contributed by atoms with van der Waals surface area (Å²) in [7, 11) is 0. The molecule has 1 N–H and O–H groups in total. The van der Waals surface area contributed by atoms with Crippen LogP contribution >= 0.6 is 0 Å². The first kappa shape index (κ1) is 18.2. The van der Waals surface area contributed by atoms with Gasteiger partial charge in [0.05, 0.1) is 12.1 Å². The number of carbonyl (C=O) groups is 1. The van der Waals surface area contributed by atoms with Gasteiger partial charge >= 0.3 is 6.09 Å². The molecule has 1 aromatic rings. The van der Waals surface area contributed by atoms with Gasteiger partial charge in [0.1, 0.15) is 5.60 Å². The summed E-state index contributed by atoms with van der Waals surface area (Å²) in [6, 6.07) is 10.7. The van der Waals surface area contributed by atoms with Crippen molar-refractivity contribution in [3.05, 3.63) is 35.9 Å². The molecular formula is C20H30N2O3. The van der Waals surface area contributed by atoms with Crippen LogP contribution in [0.25, 0.3) is 0 Å². The lowest BCUT2D eigenvalue weighted by molar-refractivity contribution is -0.0553. The monoisotopic (exact) mass is 346 g/mol. The molecule has 0 saturated carbocycles. The number of fused-ring (bicyclic) bond motifs is 2. The highest BCUT2D eigenvalue weighted by Gasteiger charge is 2.50. The average molecular weight is 346 g/mol. The molecule has 5 heteroatoms. The summed E-state index contributed by atoms with van der Waals surface area (Å²) in [6.07, 6.45) is 1.16. The van der Waals surface area contributed by atoms with Gasteiger partial charge in [-0.15, -0.1) is 0 Å². The maximum Gasteiger partial charge on any atom is 0.410 e. The molecule has 2 heterocycles. The van der Waals surface area contributed by atoms with Gasteiger partial charge in [-0.05, 0) is 46.1 Å². The molecule has 2 saturated heterocycles. The van der Waals surface area contributed by atoms with E-state index in [9.17, 15) is 9.90 Å². The van der Waals surface area contributed by atoms with Gasteiger partial charge in [0.2, 0.25) is 0 Å². The van der Waals surface area contributed by atoms with E-state index in [1.54, 1.807) is 11.8 Å². The predicted octanol–water partition coefficient (Wildman–Crippen LogP) is 3.02. The fraction of sp³-hybridized carbons (Fsp3) is 0.650. The number of rotatable bonds is 3. The van der Waals surface area contributed by atoms with Crippen LogP contribution < -0.4 is 0 Å². The Morgan fingerprint density at radius 3 is 2.56 bits per heavy atom. The van der Waals surface area contributed by atoms with E-state index in [-0.39, 0.29) is 18.2 Å². The molecule has 2 fully saturated rings. The Bertz CT molecular complexity index is 597. The van der Waals surface area contributed by atoms with E-state index in [4.69, 9.17) is 4.74 Å². The molecule has 0 aliphatic carbocycles. The van der Waals surface area contributed by atoms with Crippen LogP contribution in [0, 0.1) is 0 Å². The summed E-state index contributed by atoms with van der Waals surface area (Å²) in [6.45, 7) is 8.89. The van der Waals surface area contributed by atoms with Crippen molar-refractivity contribution in [2.45, 2.75) is 76.9 Å². The zero-order valence-corrected chi connectivity index (χ0v) is 15.7. The second kappa shape index (κ2) is 6.96. The van der Waals surface area contributed by atoms with Gasteiger partial charge in [-0.2, -0.15) is 0 Å². The second-order valence-electron chi connectivity index (χ2n) is 8.32. The quantitative estimate of drug-likeness (QED) is 0.914. The van der Waals surface area contributed by atoms with Crippen LogP contribution in [0.5, 0.6) is 0 Å². The lowest BCUT2D eigenvalue weighted by Crippen LogP contribution is -2.64. The van der Waals surface area contributed by atoms with Gasteiger partial charge in [0.15, 0.2) is 0 Å². The van der Waals surface area contributed by atoms with Gasteiger partial charge < -0.3 is 9.84 Å². The van der Waals surface area contributed by atoms with Crippen LogP contribution in [0.3, 0.4) is 0 Å². The Morgan fingerprint density at radius 2 is 1.96 bits per heavy atom. The normalized spacial score (nSPS) is 28.0. The third-order valence-electron chi connectivity index (χ3n) is 5.18. The van der Waals surface area contributed by atoms with E-state index < -0.39 is 11.7 Å². The summed E-state index contributed by atoms with van der Waals surface area (Å²) < 4.78 is 5.59. The van der Waals surface area contributed by atoms with Crippen LogP contribution in [0.2, 0.25) is 0 Å². The smallest absolute Gasteiger partial charge is 0.410 e. The first-order valence-corrected chi connectivity index (χ1v) is 9.23. The minimum absolute atomic E-state index is 0.173. The number of carbonyl (C=O) groups excluding carboxylic acids is 1. The van der Waals surface area contributed by atoms with Gasteiger partial charge in [0.25, 0.3) is 0 Å². The van der Waals surface area contributed by atoms with Gasteiger partial charge in [-0.25, -0.2) is 4.79 Å². The van der Waals surface area contributed by atoms with Crippen molar-refractivity contribution >= 4 is 6.09 Å². The SMILES string of the molecule is C[C@@H](O)[C@H]1[C@H]2CC[C@@H](CN1C(=O)OC(C)(C)C)N2Cc1ccccc1. The average Bonchev–Trinajstić information content (AvgIpc) is 2.78. The molecular weight excluding hydrogens is 316 g/mol. The largest absolute Gasteiger partial charge is 0.444 e. The zero-order chi connectivity index (χ0) is 18.2. The molecule has 1 aromatic carbocycles. The Balaban J connectivity index is 1.79. The van der Waals surface area contributed by atoms with Crippen LogP contribution in [-0.4, -0.2) is 57.4 Å². The van der Waals surface area contributed by atoms with E-state index in [1.807, 2.05) is 26.8 Å². The zero-order valence-electron chi connectivity index (χ0n) is 15.7. The highest BCUT2D eigenvalue weighted by Crippen LogP contribution is 2.37. The molecule has 0 aromatic heterocycles. The number of hydrogen-bond donors (Lipinski definition) is 1. The van der Waals surface area contributed by atoms with Crippen molar-refractivity contribution in [1.82, 2.24) is 9.80 Å². The first-order chi connectivity index (χ1) is 11.8. The number of benzene rings is 1. The topological polar surface area (TPSA) is 53.0 Å². The number of hydrogen-bond acceptors (Lipinski definition) is 4. The summed E-state index contributed by atoms with van der Waals surface area (Å²) in [5.74, 6) is 0. The fourth-order valence-electron chi connectivity index (χ4n) is 4.22. The van der Waals surface area contributed by atoms with E-state index in [0.29, 0.717) is 12.6 Å². The molecule has 4 atom stereocenters. The molecule has 3 rings (SSSR count). The molecule has 2 aliphatic heterocycles. The number of nitrogens with zero attached hydrogens (tertiary/aromatic N) is 2. The molecule has 2 aliphatic rings. The van der Waals surface area contributed by atoms with Gasteiger partial charge in [-0.3, -0.25) is 9.80 Å². The number of piperazine rings is 1. The van der Waals surface area contributed by atoms with Crippen molar-refractivity contribution in [2.24, 2.45) is 0 Å². The summed E-state index contributed by atoms with van der Waals surface area (Å²) in [5.41, 5.74) is 0.745. The molecule has 5 nitrogen and oxygen atoms in total. The van der Waals surface area contributed by atoms with Crippen molar-refractivity contribution < 1.29 is 14.6 Å². The minimum atomic E-state index is -0.588. The van der Waals surface area contributed by atoms with Crippen LogP contribution in [0.4, 0.5) is 4.79 Å². The Hall–Kier alpha value is -1.59. The number of ether oxygens (including phenoxy) is 1. The third kappa shape index (κ3) is 3.98. The highest BCUT2D eigenvalue weighted by molar-refractivity contribution is 5.69. The highest BCUT2D eigenvalue weighted by atomic mass is 16.6. The minimum Gasteiger partial charge on any atom is -0.444 e. The van der Waals surface area contributed by atoms with E-state index in [1.165, 1.54) is 5.56 Å². The number of likely N-dealkylation sites (tertiary alicyclic amines) is 1. The number of aliphatic hydroxyl groups is 1. The van der Waals surface area contributed by atoms with E-state index >= 15 is 0 Å². The molecule has 25 heavy (non-hydrogen) atoms. The van der Waals surface area contributed by atoms with Crippen molar-refractivity contribution in [3.8, 4) is 0 Å². The predicted molar refractivity (Wildman–Crippen MR) is 97.2 cm³/mol. The maximum absolute atomic E-state index is 12.7. The fourth-order valence-corrected chi connectivity index (χ4v) is 4.22. The van der Waals surface area contributed by atoms with Gasteiger partial charge in [0, 0.05) is 25.2 Å². The Kier molecular flexibility index (Phi) is 5.07. The van der Waals surface area contributed by atoms with Crippen LogP contribution in [0.1, 0.15) is 46.1 Å². The molecule has 2 bridgehead atoms. The second-order valence-corrected chi connectivity index (χ2v) is 8.32. The Labute approximate surface area is 150 Å². The molecule has 0 spiro atoms. The molecule has 138 valence electrons. The van der Waals surface area contributed by atoms with E-state index in [2.05, 4.69) is 29.2 Å². The summed E-state index contributed by atoms with van der Waals surface area (Å²) in [4.78, 5) is 16.9. The van der Waals surface area contributed by atoms with Crippen molar-refractivity contribution in [2.75, 3.05) is 6.54 Å². The van der Waals surface area contributed by atoms with Crippen molar-refractivity contribution in [3.63, 3.8) is 0 Å². The molecule has 0 radical (unpaired) electrons. The lowest BCUT2D eigenvalue weighted by Gasteiger charge is -2.48. The summed E-state index contributed by atoms with van der Waals surface area (Å²) >= 11 is 0. The number of aliphatic hydroxyl groups excluding tert-OH is 1. The van der Waals surface area contributed by atoms with Crippen LogP contribution in [-0.2, 0) is 11.3 Å². The lowest BCUT2D eigenvalue weighted by atomic mass is 9.97. The molecule has 1 amide bonds. The number of amides is 1. The standard InChI is InChI=1S/C20H30N2O3/c1-14(23)18-17-11-10-16(13-22(18)19(24)25-20(2,3)4)21(17)12-15-8-6-5-7-9-15/h5-9,14,16-18,23H,10-13H2,1-4H3/t14-,16+,17-,18+/m1/s1.